The van der Waals surface area contributed by atoms with Crippen molar-refractivity contribution in [2.45, 2.75) is 44.6 Å². The normalized spacial score (nSPS) is 19.9. The van der Waals surface area contributed by atoms with Crippen LogP contribution in [-0.2, 0) is 11.3 Å². The van der Waals surface area contributed by atoms with Crippen molar-refractivity contribution in [3.8, 4) is 11.3 Å². The quantitative estimate of drug-likeness (QED) is 0.647. The molecule has 2 aromatic carbocycles. The summed E-state index contributed by atoms with van der Waals surface area (Å²) in [4.78, 5) is 24.3. The highest BCUT2D eigenvalue weighted by atomic mass is 16.4. The second-order valence-electron chi connectivity index (χ2n) is 8.59. The van der Waals surface area contributed by atoms with Crippen LogP contribution in [0.5, 0.6) is 0 Å². The van der Waals surface area contributed by atoms with Gasteiger partial charge >= 0.3 is 5.97 Å². The first kappa shape index (κ1) is 18.9. The first-order valence-electron chi connectivity index (χ1n) is 10.8. The summed E-state index contributed by atoms with van der Waals surface area (Å²) in [6.45, 7) is 0.845. The lowest BCUT2D eigenvalue weighted by Crippen LogP contribution is -2.33. The number of hydrogen-bond acceptors (Lipinski definition) is 2. The summed E-state index contributed by atoms with van der Waals surface area (Å²) in [5, 5.41) is 13.6. The molecular weight excluding hydrogens is 376 g/mol. The third-order valence-corrected chi connectivity index (χ3v) is 6.83. The lowest BCUT2D eigenvalue weighted by Gasteiger charge is -2.31. The Morgan fingerprint density at radius 2 is 1.83 bits per heavy atom. The molecule has 1 atom stereocenters. The molecule has 0 saturated heterocycles. The molecule has 5 heteroatoms. The highest BCUT2D eigenvalue weighted by Crippen LogP contribution is 2.41. The number of fused-ring (bicyclic) bond motifs is 5. The molecule has 5 rings (SSSR count). The molecule has 1 fully saturated rings. The Hall–Kier alpha value is -3.08. The second-order valence-corrected chi connectivity index (χ2v) is 8.59. The van der Waals surface area contributed by atoms with Crippen LogP contribution in [0.1, 0.15) is 53.9 Å². The van der Waals surface area contributed by atoms with E-state index in [1.54, 1.807) is 12.1 Å². The summed E-state index contributed by atoms with van der Waals surface area (Å²) in [6.07, 6.45) is 6.24. The third-order valence-electron chi connectivity index (χ3n) is 6.83. The average Bonchev–Trinajstić information content (AvgIpc) is 3.13. The van der Waals surface area contributed by atoms with E-state index in [0.717, 1.165) is 22.2 Å². The lowest BCUT2D eigenvalue weighted by molar-refractivity contribution is -0.121. The first-order valence-corrected chi connectivity index (χ1v) is 10.8. The fourth-order valence-electron chi connectivity index (χ4n) is 5.32. The van der Waals surface area contributed by atoms with Gasteiger partial charge in [0.05, 0.1) is 5.56 Å². The molecule has 1 aliphatic heterocycles. The Balaban J connectivity index is 1.71. The van der Waals surface area contributed by atoms with Gasteiger partial charge in [0.25, 0.3) is 0 Å². The van der Waals surface area contributed by atoms with Crippen LogP contribution in [0.25, 0.3) is 22.2 Å². The van der Waals surface area contributed by atoms with Crippen LogP contribution in [0.2, 0.25) is 0 Å². The molecule has 30 heavy (non-hydrogen) atoms. The van der Waals surface area contributed by atoms with Gasteiger partial charge < -0.3 is 15.0 Å². The largest absolute Gasteiger partial charge is 0.478 e. The summed E-state index contributed by atoms with van der Waals surface area (Å²) in [5.74, 6) is -0.111. The zero-order valence-corrected chi connectivity index (χ0v) is 16.9. The number of nitrogens with zero attached hydrogens (tertiary/aromatic N) is 1. The van der Waals surface area contributed by atoms with E-state index in [9.17, 15) is 14.7 Å². The van der Waals surface area contributed by atoms with Crippen molar-refractivity contribution in [3.05, 3.63) is 59.7 Å². The van der Waals surface area contributed by atoms with E-state index in [-0.39, 0.29) is 18.0 Å². The van der Waals surface area contributed by atoms with Crippen LogP contribution in [-0.4, -0.2) is 28.1 Å². The fraction of sp³-hybridized carbons (Fsp3) is 0.360. The van der Waals surface area contributed by atoms with Crippen LogP contribution in [0.3, 0.4) is 0 Å². The molecule has 1 aromatic heterocycles. The smallest absolute Gasteiger partial charge is 0.335 e. The Morgan fingerprint density at radius 1 is 1.03 bits per heavy atom. The minimum atomic E-state index is -0.960. The van der Waals surface area contributed by atoms with E-state index in [1.807, 2.05) is 10.6 Å². The highest BCUT2D eigenvalue weighted by molar-refractivity contribution is 5.96. The third kappa shape index (κ3) is 3.28. The molecule has 2 aliphatic rings. The Bertz CT molecular complexity index is 1120. The maximum Gasteiger partial charge on any atom is 0.335 e. The first-order chi connectivity index (χ1) is 14.6. The predicted octanol–water partition coefficient (Wildman–Crippen LogP) is 4.80. The number of carboxylic acids is 1. The van der Waals surface area contributed by atoms with Crippen molar-refractivity contribution in [2.24, 2.45) is 5.92 Å². The minimum Gasteiger partial charge on any atom is -0.478 e. The van der Waals surface area contributed by atoms with Gasteiger partial charge in [0.15, 0.2) is 0 Å². The van der Waals surface area contributed by atoms with Crippen LogP contribution in [0.15, 0.2) is 48.5 Å². The van der Waals surface area contributed by atoms with E-state index in [1.165, 1.54) is 37.7 Å². The van der Waals surface area contributed by atoms with Crippen molar-refractivity contribution in [1.29, 1.82) is 0 Å². The summed E-state index contributed by atoms with van der Waals surface area (Å²) in [5.41, 5.74) is 4.44. The van der Waals surface area contributed by atoms with Gasteiger partial charge in [0, 0.05) is 34.6 Å². The second kappa shape index (κ2) is 7.63. The number of aromatic carboxylic acids is 1. The molecule has 0 spiro atoms. The standard InChI is InChI=1S/C25H26N2O3/c28-24-15-27-22-13-18(25(29)30)11-10-17(22)12-23(27)20-9-5-4-8-19(20)21(14-26-24)16-6-2-1-3-7-16/h4-5,8-13,16,21H,1-3,6-7,14-15H2,(H,26,28)(H,29,30). The average molecular weight is 402 g/mol. The molecule has 0 bridgehead atoms. The summed E-state index contributed by atoms with van der Waals surface area (Å²) in [7, 11) is 0. The van der Waals surface area contributed by atoms with Gasteiger partial charge in [0.2, 0.25) is 5.91 Å². The molecular formula is C25H26N2O3. The van der Waals surface area contributed by atoms with Crippen molar-refractivity contribution >= 4 is 22.8 Å². The summed E-state index contributed by atoms with van der Waals surface area (Å²) in [6, 6.07) is 15.7. The number of carbonyl (C=O) groups is 2. The van der Waals surface area contributed by atoms with Crippen LogP contribution in [0, 0.1) is 5.92 Å². The lowest BCUT2D eigenvalue weighted by atomic mass is 9.75. The molecule has 5 nitrogen and oxygen atoms in total. The molecule has 1 saturated carbocycles. The van der Waals surface area contributed by atoms with Crippen molar-refractivity contribution < 1.29 is 14.7 Å². The monoisotopic (exact) mass is 402 g/mol. The molecule has 2 heterocycles. The Kier molecular flexibility index (Phi) is 4.81. The number of carboxylic acid groups (broad SMARTS) is 1. The van der Waals surface area contributed by atoms with Gasteiger partial charge in [-0.25, -0.2) is 4.79 Å². The number of amides is 1. The predicted molar refractivity (Wildman–Crippen MR) is 117 cm³/mol. The molecule has 1 unspecified atom stereocenters. The number of hydrogen-bond donors (Lipinski definition) is 2. The highest BCUT2D eigenvalue weighted by Gasteiger charge is 2.29. The number of rotatable bonds is 2. The minimum absolute atomic E-state index is 0.0249. The van der Waals surface area contributed by atoms with Gasteiger partial charge in [-0.2, -0.15) is 0 Å². The zero-order chi connectivity index (χ0) is 20.7. The Morgan fingerprint density at radius 3 is 2.63 bits per heavy atom. The maximum atomic E-state index is 12.8. The molecule has 0 radical (unpaired) electrons. The van der Waals surface area contributed by atoms with Crippen LogP contribution < -0.4 is 5.32 Å². The van der Waals surface area contributed by atoms with E-state index < -0.39 is 5.97 Å². The topological polar surface area (TPSA) is 71.3 Å². The SMILES string of the molecule is O=C1Cn2c(cc3ccc(C(=O)O)cc32)-c2ccccc2C(C2CCCCC2)CN1. The van der Waals surface area contributed by atoms with Gasteiger partial charge in [-0.05, 0) is 42.5 Å². The van der Waals surface area contributed by atoms with Crippen LogP contribution >= 0.6 is 0 Å². The van der Waals surface area contributed by atoms with Crippen molar-refractivity contribution in [3.63, 3.8) is 0 Å². The fourth-order valence-corrected chi connectivity index (χ4v) is 5.32. The van der Waals surface area contributed by atoms with Crippen LogP contribution in [0.4, 0.5) is 0 Å². The maximum absolute atomic E-state index is 12.8. The van der Waals surface area contributed by atoms with Gasteiger partial charge in [-0.3, -0.25) is 4.79 Å². The van der Waals surface area contributed by atoms with E-state index in [0.29, 0.717) is 18.4 Å². The molecule has 1 aliphatic carbocycles. The van der Waals surface area contributed by atoms with E-state index >= 15 is 0 Å². The Labute approximate surface area is 175 Å². The zero-order valence-electron chi connectivity index (χ0n) is 16.9. The molecule has 3 aromatic rings. The molecule has 1 amide bonds. The van der Waals surface area contributed by atoms with Crippen molar-refractivity contribution in [2.75, 3.05) is 6.54 Å². The van der Waals surface area contributed by atoms with E-state index in [2.05, 4.69) is 35.6 Å². The molecule has 2 N–H and O–H groups in total. The van der Waals surface area contributed by atoms with Gasteiger partial charge in [-0.1, -0.05) is 49.6 Å². The summed E-state index contributed by atoms with van der Waals surface area (Å²) < 4.78 is 1.97. The van der Waals surface area contributed by atoms with Crippen molar-refractivity contribution in [1.82, 2.24) is 9.88 Å². The molecule has 154 valence electrons. The number of carbonyl (C=O) groups excluding carboxylic acids is 1. The summed E-state index contributed by atoms with van der Waals surface area (Å²) >= 11 is 0. The van der Waals surface area contributed by atoms with Gasteiger partial charge in [0.1, 0.15) is 6.54 Å². The van der Waals surface area contributed by atoms with E-state index in [4.69, 9.17) is 0 Å². The van der Waals surface area contributed by atoms with Gasteiger partial charge in [-0.15, -0.1) is 0 Å². The number of benzene rings is 2. The number of aromatic nitrogens is 1. The number of nitrogens with one attached hydrogen (secondary N) is 1.